The van der Waals surface area contributed by atoms with Gasteiger partial charge in [-0.3, -0.25) is 57.5 Å². The zero-order valence-electron chi connectivity index (χ0n) is 65.5. The van der Waals surface area contributed by atoms with Crippen molar-refractivity contribution in [1.82, 2.24) is 60.0 Å². The highest BCUT2D eigenvalue weighted by Crippen LogP contribution is 2.45. The van der Waals surface area contributed by atoms with Gasteiger partial charge in [-0.25, -0.2) is 13.2 Å². The van der Waals surface area contributed by atoms with Crippen LogP contribution in [0.5, 0.6) is 0 Å². The Kier molecular flexibility index (Phi) is 31.3. The Bertz CT molecular complexity index is 3210. The number of halogens is 7. The van der Waals surface area contributed by atoms with E-state index in [9.17, 15) is 27.6 Å². The summed E-state index contributed by atoms with van der Waals surface area (Å²) in [7, 11) is 8.29. The van der Waals surface area contributed by atoms with Crippen molar-refractivity contribution < 1.29 is 93.4 Å². The second-order valence-electron chi connectivity index (χ2n) is 32.7. The summed E-state index contributed by atoms with van der Waals surface area (Å²) in [6.07, 6.45) is -10.4. The molecule has 5 unspecified atom stereocenters. The molecular formula is C76H119ClF6N12O14. The van der Waals surface area contributed by atoms with Gasteiger partial charge in [-0.1, -0.05) is 59.8 Å². The molecule has 4 saturated carbocycles. The van der Waals surface area contributed by atoms with E-state index in [1.54, 1.807) is 13.8 Å². The van der Waals surface area contributed by atoms with Gasteiger partial charge in [0.2, 0.25) is 70.9 Å². The maximum absolute atomic E-state index is 15.7. The maximum Gasteiger partial charge on any atom is 0.397 e. The van der Waals surface area contributed by atoms with Crippen molar-refractivity contribution in [2.75, 3.05) is 101 Å². The van der Waals surface area contributed by atoms with Crippen LogP contribution in [0, 0.1) is 35.5 Å². The first-order valence-corrected chi connectivity index (χ1v) is 40.1. The molecule has 3 N–H and O–H groups in total. The van der Waals surface area contributed by atoms with E-state index in [1.165, 1.54) is 71.7 Å². The van der Waals surface area contributed by atoms with Crippen molar-refractivity contribution in [1.29, 1.82) is 0 Å². The van der Waals surface area contributed by atoms with Crippen LogP contribution in [0.3, 0.4) is 0 Å². The molecule has 0 aromatic heterocycles. The highest BCUT2D eigenvalue weighted by Gasteiger charge is 2.56. The van der Waals surface area contributed by atoms with Crippen molar-refractivity contribution in [3.8, 4) is 0 Å². The average Bonchev–Trinajstić information content (AvgIpc) is 1.72. The molecular weight excluding hydrogens is 1450 g/mol. The van der Waals surface area contributed by atoms with Crippen LogP contribution in [-0.2, 0) is 67.0 Å². The smallest absolute Gasteiger partial charge is 0.378 e. The van der Waals surface area contributed by atoms with Crippen LogP contribution in [0.4, 0.5) is 26.3 Å². The van der Waals surface area contributed by atoms with Crippen molar-refractivity contribution >= 4 is 82.5 Å². The molecule has 4 heterocycles. The zero-order valence-corrected chi connectivity index (χ0v) is 66.2. The minimum atomic E-state index is -5.20. The van der Waals surface area contributed by atoms with Crippen LogP contribution in [0.15, 0.2) is 0 Å². The van der Waals surface area contributed by atoms with Gasteiger partial charge < -0.3 is 69.5 Å². The molecule has 0 aromatic carbocycles. The number of nitrogens with zero attached hydrogens (tertiary/aromatic N) is 9. The molecule has 33 heteroatoms. The fraction of sp³-hybridized carbons (Fsp3) is 0.842. The third kappa shape index (κ3) is 21.4. The van der Waals surface area contributed by atoms with Crippen molar-refractivity contribution in [2.24, 2.45) is 35.5 Å². The molecule has 15 atom stereocenters. The topological polar surface area (TPSA) is 289 Å². The Balaban J connectivity index is 1.21. The van der Waals surface area contributed by atoms with Crippen LogP contribution >= 0.6 is 11.6 Å². The van der Waals surface area contributed by atoms with Crippen molar-refractivity contribution in [2.45, 2.75) is 272 Å². The van der Waals surface area contributed by atoms with Gasteiger partial charge in [0.05, 0.1) is 44.2 Å². The molecule has 616 valence electrons. The first-order valence-electron chi connectivity index (χ1n) is 39.6. The van der Waals surface area contributed by atoms with E-state index in [0.717, 1.165) is 14.7 Å². The quantitative estimate of drug-likeness (QED) is 0.147. The van der Waals surface area contributed by atoms with Gasteiger partial charge in [0, 0.05) is 81.5 Å². The van der Waals surface area contributed by atoms with Gasteiger partial charge in [-0.15, -0.1) is 11.6 Å². The van der Waals surface area contributed by atoms with E-state index in [2.05, 4.69) is 16.0 Å². The minimum absolute atomic E-state index is 0.00505. The molecule has 26 nitrogen and oxygen atoms in total. The van der Waals surface area contributed by atoms with E-state index >= 15 is 56.3 Å². The third-order valence-corrected chi connectivity index (χ3v) is 25.0. The van der Waals surface area contributed by atoms with Crippen LogP contribution in [0.1, 0.15) is 182 Å². The number of hydrogen-bond donors (Lipinski definition) is 3. The fourth-order valence-electron chi connectivity index (χ4n) is 17.6. The number of rotatable bonds is 13. The highest BCUT2D eigenvalue weighted by molar-refractivity contribution is 6.21. The number of alkyl halides is 7. The van der Waals surface area contributed by atoms with Crippen molar-refractivity contribution in [3.05, 3.63) is 0 Å². The van der Waals surface area contributed by atoms with Crippen LogP contribution < -0.4 is 16.0 Å². The molecule has 0 aromatic rings. The summed E-state index contributed by atoms with van der Waals surface area (Å²) in [5.41, 5.74) is -1.67. The summed E-state index contributed by atoms with van der Waals surface area (Å²) in [5.74, 6) is -14.5. The van der Waals surface area contributed by atoms with E-state index in [1.807, 2.05) is 20.8 Å². The predicted molar refractivity (Wildman–Crippen MR) is 390 cm³/mol. The Morgan fingerprint density at radius 3 is 1.86 bits per heavy atom. The first kappa shape index (κ1) is 88.0. The number of likely N-dealkylation sites (N-methyl/N-ethyl adjacent to an activating group) is 6. The number of amides is 12. The van der Waals surface area contributed by atoms with E-state index in [0.29, 0.717) is 57.8 Å². The summed E-state index contributed by atoms with van der Waals surface area (Å²) >= 11 is 6.54. The normalized spacial score (nSPS) is 33.1. The van der Waals surface area contributed by atoms with Crippen LogP contribution in [0.2, 0.25) is 0 Å². The highest BCUT2D eigenvalue weighted by atomic mass is 35.5. The van der Waals surface area contributed by atoms with Crippen LogP contribution in [0.25, 0.3) is 0 Å². The fourth-order valence-corrected chi connectivity index (χ4v) is 18.0. The number of nitrogens with one attached hydrogen (secondary N) is 3. The molecule has 4 saturated heterocycles. The van der Waals surface area contributed by atoms with Gasteiger partial charge in [0.15, 0.2) is 0 Å². The molecule has 1 spiro atoms. The predicted octanol–water partition coefficient (Wildman–Crippen LogP) is 5.72. The third-order valence-electron chi connectivity index (χ3n) is 24.6. The van der Waals surface area contributed by atoms with Gasteiger partial charge in [-0.05, 0) is 139 Å². The number of fused-ring (bicyclic) bond motifs is 3. The largest absolute Gasteiger partial charge is 0.397 e. The SMILES string of the molecule is CCO[C@@H]1C[C@H]2C(=O)NC3(CCC3)C(=O)N(C)[C@@H](C3CCCC3)C(=O)N(C)[C@H](C(=O)N3CCOCC3)CC(=O)N(C)[C@@H](CC(C)C)C(=O)N[C@@H]([C@@H](C)CC)C(=O)N(C)CC(=O)N(C)[C@H]3CCCCCN(C3=O)[C@@H](CC3CCC(F)C(Cl)C3)C(=O)N(C)CC(=O)N[C@@H](CCC3CC(F)C(C(F)(F)F)C(F)C3)C(=O)N2C1. The summed E-state index contributed by atoms with van der Waals surface area (Å²) in [6, 6.07) is -11.0. The summed E-state index contributed by atoms with van der Waals surface area (Å²) in [5, 5.41) is 7.62. The number of morpholine rings is 1. The van der Waals surface area contributed by atoms with Gasteiger partial charge in [0.25, 0.3) is 0 Å². The number of ether oxygens (including phenoxy) is 2. The molecule has 4 aliphatic carbocycles. The second kappa shape index (κ2) is 38.8. The van der Waals surface area contributed by atoms with Gasteiger partial charge in [-0.2, -0.15) is 13.2 Å². The molecule has 0 radical (unpaired) electrons. The number of hydrogen-bond acceptors (Lipinski definition) is 14. The monoisotopic (exact) mass is 1570 g/mol. The molecule has 4 aliphatic heterocycles. The Labute approximate surface area is 642 Å². The minimum Gasteiger partial charge on any atom is -0.378 e. The second-order valence-corrected chi connectivity index (χ2v) is 33.2. The van der Waals surface area contributed by atoms with E-state index in [-0.39, 0.29) is 116 Å². The molecule has 8 aliphatic rings. The molecule has 12 amide bonds. The lowest BCUT2D eigenvalue weighted by Crippen LogP contribution is -2.68. The molecule has 8 rings (SSSR count). The summed E-state index contributed by atoms with van der Waals surface area (Å²) < 4.78 is 99.7. The molecule has 109 heavy (non-hydrogen) atoms. The Morgan fingerprint density at radius 1 is 0.624 bits per heavy atom. The van der Waals surface area contributed by atoms with Crippen molar-refractivity contribution in [3.63, 3.8) is 0 Å². The molecule has 8 fully saturated rings. The zero-order chi connectivity index (χ0) is 80.3. The summed E-state index contributed by atoms with van der Waals surface area (Å²) in [6.45, 7) is 7.92. The lowest BCUT2D eigenvalue weighted by atomic mass is 9.74. The van der Waals surface area contributed by atoms with E-state index < -0.39 is 229 Å². The average molecular weight is 1570 g/mol. The molecule has 2 bridgehead atoms. The lowest BCUT2D eigenvalue weighted by molar-refractivity contribution is -0.219. The summed E-state index contributed by atoms with van der Waals surface area (Å²) in [4.78, 5) is 194. The van der Waals surface area contributed by atoms with E-state index in [4.69, 9.17) is 21.1 Å². The number of carbonyl (C=O) groups excluding carboxylic acids is 12. The lowest BCUT2D eigenvalue weighted by Gasteiger charge is -2.47. The standard InChI is InChI=1S/C76H119ClF6N12O14/c1-12-45(5)64-72(105)88(7)43-62(98)89(8)55-22-15-14-18-29-94(71(55)104)59(38-46-23-25-51(78)50(77)35-46)69(102)87(6)42-60(96)84-54(26-24-47-36-52(79)63(53(80)37-47)76(81,82)83)68(101)95-41-49(109-13-2)39-57(95)67(100)86-75(27-19-28-75)74(107)92(11)65(48-20-16-17-21-48)73(106)91(10)58(70(103)93-30-32-108-33-31-93)40-61(97)90(9)56(34-44(3)4)66(99)85-64/h44-59,63-65H,12-43H2,1-11H3,(H,84,96)(H,85,99)(H,86,100)/t45-,46?,47?,49+,50?,51?,52?,53?,54-,55-,56-,57-,58-,59-,63?,64-,65-/m0/s1. The first-order chi connectivity index (χ1) is 51.4. The number of carbonyl (C=O) groups is 12. The van der Waals surface area contributed by atoms with Gasteiger partial charge >= 0.3 is 6.18 Å². The van der Waals surface area contributed by atoms with Crippen LogP contribution in [-0.4, -0.2) is 306 Å². The Hall–Kier alpha value is -6.57. The Morgan fingerprint density at radius 2 is 1.27 bits per heavy atom. The maximum atomic E-state index is 15.7. The van der Waals surface area contributed by atoms with Gasteiger partial charge in [0.1, 0.15) is 78.3 Å².